The Balaban J connectivity index is 1.83. The average Bonchev–Trinajstić information content (AvgIpc) is 2.98. The number of pyridine rings is 1. The largest absolute Gasteiger partial charge is 0.310 e. The summed E-state index contributed by atoms with van der Waals surface area (Å²) < 4.78 is 1.94. The van der Waals surface area contributed by atoms with Gasteiger partial charge in [0.1, 0.15) is 12.1 Å². The molecule has 0 aliphatic heterocycles. The van der Waals surface area contributed by atoms with Crippen LogP contribution in [0.15, 0.2) is 30.9 Å². The molecule has 0 saturated heterocycles. The number of nitrogens with zero attached hydrogens (tertiary/aromatic N) is 3. The first-order valence-corrected chi connectivity index (χ1v) is 6.00. The summed E-state index contributed by atoms with van der Waals surface area (Å²) in [5.41, 5.74) is 2.33. The summed E-state index contributed by atoms with van der Waals surface area (Å²) >= 11 is 0. The molecule has 1 fully saturated rings. The molecule has 17 heavy (non-hydrogen) atoms. The lowest BCUT2D eigenvalue weighted by atomic mass is 10.2. The second-order valence-electron chi connectivity index (χ2n) is 4.60. The molecule has 3 rings (SSSR count). The van der Waals surface area contributed by atoms with Crippen LogP contribution >= 0.6 is 0 Å². The van der Waals surface area contributed by atoms with Gasteiger partial charge in [0.25, 0.3) is 0 Å². The fraction of sp³-hybridized carbons (Fsp3) is 0.385. The van der Waals surface area contributed by atoms with Crippen molar-refractivity contribution in [2.45, 2.75) is 32.4 Å². The molecule has 1 aliphatic rings. The molecular formula is C13H16N4. The molecule has 0 amide bonds. The van der Waals surface area contributed by atoms with E-state index in [1.165, 1.54) is 18.4 Å². The van der Waals surface area contributed by atoms with E-state index < -0.39 is 0 Å². The van der Waals surface area contributed by atoms with Gasteiger partial charge in [0, 0.05) is 30.7 Å². The van der Waals surface area contributed by atoms with Gasteiger partial charge in [-0.2, -0.15) is 0 Å². The van der Waals surface area contributed by atoms with Crippen LogP contribution in [0.2, 0.25) is 0 Å². The highest BCUT2D eigenvalue weighted by atomic mass is 15.1. The summed E-state index contributed by atoms with van der Waals surface area (Å²) in [5, 5.41) is 3.52. The van der Waals surface area contributed by atoms with Crippen molar-refractivity contribution in [1.29, 1.82) is 0 Å². The number of rotatable bonds is 4. The van der Waals surface area contributed by atoms with Crippen LogP contribution in [0, 0.1) is 6.92 Å². The minimum Gasteiger partial charge on any atom is -0.310 e. The van der Waals surface area contributed by atoms with Crippen molar-refractivity contribution in [1.82, 2.24) is 19.9 Å². The topological polar surface area (TPSA) is 42.7 Å². The third kappa shape index (κ3) is 2.53. The maximum Gasteiger partial charge on any atom is 0.138 e. The van der Waals surface area contributed by atoms with Crippen LogP contribution in [-0.4, -0.2) is 20.6 Å². The third-order valence-corrected chi connectivity index (χ3v) is 2.94. The lowest BCUT2D eigenvalue weighted by molar-refractivity contribution is 0.685. The Bertz CT molecular complexity index is 500. The van der Waals surface area contributed by atoms with Gasteiger partial charge in [-0.25, -0.2) is 9.97 Å². The molecule has 0 aromatic carbocycles. The zero-order valence-electron chi connectivity index (χ0n) is 9.93. The molecule has 2 aromatic rings. The molecule has 0 bridgehead atoms. The predicted molar refractivity (Wildman–Crippen MR) is 66.0 cm³/mol. The molecule has 1 aliphatic carbocycles. The molecule has 2 aromatic heterocycles. The molecular weight excluding hydrogens is 212 g/mol. The van der Waals surface area contributed by atoms with E-state index in [9.17, 15) is 0 Å². The molecule has 2 heterocycles. The molecule has 1 saturated carbocycles. The Morgan fingerprint density at radius 2 is 2.29 bits per heavy atom. The highest BCUT2D eigenvalue weighted by Gasteiger charge is 2.20. The van der Waals surface area contributed by atoms with Crippen molar-refractivity contribution in [2.75, 3.05) is 0 Å². The van der Waals surface area contributed by atoms with Crippen LogP contribution in [0.1, 0.15) is 24.1 Å². The summed E-state index contributed by atoms with van der Waals surface area (Å²) in [6.07, 6.45) is 8.10. The summed E-state index contributed by atoms with van der Waals surface area (Å²) in [4.78, 5) is 8.56. The van der Waals surface area contributed by atoms with Gasteiger partial charge in [-0.05, 0) is 37.5 Å². The van der Waals surface area contributed by atoms with Gasteiger partial charge in [0.2, 0.25) is 0 Å². The molecule has 1 N–H and O–H groups in total. The van der Waals surface area contributed by atoms with Crippen molar-refractivity contribution in [3.8, 4) is 5.82 Å². The second-order valence-corrected chi connectivity index (χ2v) is 4.60. The molecule has 0 unspecified atom stereocenters. The minimum absolute atomic E-state index is 0.736. The van der Waals surface area contributed by atoms with Crippen LogP contribution in [-0.2, 0) is 6.54 Å². The summed E-state index contributed by atoms with van der Waals surface area (Å²) in [6, 6.07) is 4.99. The van der Waals surface area contributed by atoms with Crippen LogP contribution in [0.3, 0.4) is 0 Å². The number of aromatic nitrogens is 3. The fourth-order valence-electron chi connectivity index (χ4n) is 1.90. The van der Waals surface area contributed by atoms with Gasteiger partial charge < -0.3 is 5.32 Å². The average molecular weight is 228 g/mol. The van der Waals surface area contributed by atoms with Gasteiger partial charge in [-0.15, -0.1) is 0 Å². The molecule has 0 radical (unpaired) electrons. The molecule has 0 spiro atoms. The van der Waals surface area contributed by atoms with Crippen LogP contribution in [0.25, 0.3) is 5.82 Å². The number of aryl methyl sites for hydroxylation is 1. The van der Waals surface area contributed by atoms with E-state index in [-0.39, 0.29) is 0 Å². The van der Waals surface area contributed by atoms with Gasteiger partial charge in [0.05, 0.1) is 0 Å². The van der Waals surface area contributed by atoms with Crippen LogP contribution in [0.5, 0.6) is 0 Å². The first kappa shape index (κ1) is 10.5. The number of hydrogen-bond donors (Lipinski definition) is 1. The van der Waals surface area contributed by atoms with E-state index in [1.54, 1.807) is 12.5 Å². The van der Waals surface area contributed by atoms with Gasteiger partial charge in [-0.1, -0.05) is 0 Å². The lowest BCUT2D eigenvalue weighted by Gasteiger charge is -2.08. The van der Waals surface area contributed by atoms with Gasteiger partial charge in [-0.3, -0.25) is 4.57 Å². The van der Waals surface area contributed by atoms with Crippen LogP contribution in [0.4, 0.5) is 0 Å². The van der Waals surface area contributed by atoms with Crippen molar-refractivity contribution in [3.63, 3.8) is 0 Å². The van der Waals surface area contributed by atoms with E-state index in [0.717, 1.165) is 24.1 Å². The number of nitrogens with one attached hydrogen (secondary N) is 1. The van der Waals surface area contributed by atoms with E-state index in [4.69, 9.17) is 0 Å². The zero-order valence-corrected chi connectivity index (χ0v) is 9.93. The van der Waals surface area contributed by atoms with Gasteiger partial charge in [0.15, 0.2) is 0 Å². The standard InChI is InChI=1S/C13H16N4/c1-10-6-11(8-15-12-2-3-12)7-13(16-10)17-5-4-14-9-17/h4-7,9,12,15H,2-3,8H2,1H3. The summed E-state index contributed by atoms with van der Waals surface area (Å²) in [5.74, 6) is 0.940. The first-order valence-electron chi connectivity index (χ1n) is 6.00. The van der Waals surface area contributed by atoms with E-state index in [1.807, 2.05) is 17.7 Å². The third-order valence-electron chi connectivity index (χ3n) is 2.94. The quantitative estimate of drug-likeness (QED) is 0.868. The van der Waals surface area contributed by atoms with Crippen molar-refractivity contribution < 1.29 is 0 Å². The van der Waals surface area contributed by atoms with Gasteiger partial charge >= 0.3 is 0 Å². The van der Waals surface area contributed by atoms with Crippen LogP contribution < -0.4 is 5.32 Å². The van der Waals surface area contributed by atoms with Crippen molar-refractivity contribution >= 4 is 0 Å². The number of hydrogen-bond acceptors (Lipinski definition) is 3. The second kappa shape index (κ2) is 4.30. The first-order chi connectivity index (χ1) is 8.31. The van der Waals surface area contributed by atoms with E-state index in [2.05, 4.69) is 27.4 Å². The smallest absolute Gasteiger partial charge is 0.138 e. The Morgan fingerprint density at radius 3 is 3.00 bits per heavy atom. The maximum atomic E-state index is 4.51. The number of imidazole rings is 1. The van der Waals surface area contributed by atoms with Crippen molar-refractivity contribution in [2.24, 2.45) is 0 Å². The Labute approximate surface area is 101 Å². The summed E-state index contributed by atoms with van der Waals surface area (Å²) in [6.45, 7) is 2.96. The monoisotopic (exact) mass is 228 g/mol. The summed E-state index contributed by atoms with van der Waals surface area (Å²) in [7, 11) is 0. The van der Waals surface area contributed by atoms with E-state index in [0.29, 0.717) is 0 Å². The SMILES string of the molecule is Cc1cc(CNC2CC2)cc(-n2ccnc2)n1. The lowest BCUT2D eigenvalue weighted by Crippen LogP contribution is -2.15. The molecule has 4 nitrogen and oxygen atoms in total. The zero-order chi connectivity index (χ0) is 11.7. The molecule has 88 valence electrons. The van der Waals surface area contributed by atoms with E-state index >= 15 is 0 Å². The highest BCUT2D eigenvalue weighted by molar-refractivity contribution is 5.30. The highest BCUT2D eigenvalue weighted by Crippen LogP contribution is 2.19. The Hall–Kier alpha value is -1.68. The Morgan fingerprint density at radius 1 is 1.41 bits per heavy atom. The predicted octanol–water partition coefficient (Wildman–Crippen LogP) is 1.83. The Kier molecular flexibility index (Phi) is 2.65. The maximum absolute atomic E-state index is 4.51. The molecule has 0 atom stereocenters. The normalized spacial score (nSPS) is 15.1. The fourth-order valence-corrected chi connectivity index (χ4v) is 1.90. The minimum atomic E-state index is 0.736. The molecule has 4 heteroatoms. The van der Waals surface area contributed by atoms with Crippen molar-refractivity contribution in [3.05, 3.63) is 42.1 Å².